The van der Waals surface area contributed by atoms with Crippen LogP contribution in [0.15, 0.2) is 23.5 Å². The Balaban J connectivity index is 0.00000149. The van der Waals surface area contributed by atoms with Crippen LogP contribution in [0.3, 0.4) is 0 Å². The number of hydrogen-bond donors (Lipinski definition) is 2. The molecule has 0 aromatic carbocycles. The highest BCUT2D eigenvalue weighted by Crippen LogP contribution is 2.35. The lowest BCUT2D eigenvalue weighted by molar-refractivity contribution is -0.135. The molecule has 0 aromatic heterocycles. The van der Waals surface area contributed by atoms with Crippen LogP contribution < -0.4 is 0 Å². The fourth-order valence-electron chi connectivity index (χ4n) is 6.11. The average molecular weight is 623 g/mol. The van der Waals surface area contributed by atoms with Gasteiger partial charge in [0.2, 0.25) is 11.8 Å². The lowest BCUT2D eigenvalue weighted by atomic mass is 9.89. The Hall–Kier alpha value is -2.43. The number of allylic oxidation sites excluding steroid dienone is 3. The summed E-state index contributed by atoms with van der Waals surface area (Å²) < 4.78 is 5.76. The highest BCUT2D eigenvalue weighted by atomic mass is 16.5. The Bertz CT molecular complexity index is 933. The second kappa shape index (κ2) is 21.3. The van der Waals surface area contributed by atoms with Crippen LogP contribution in [0.5, 0.6) is 0 Å². The van der Waals surface area contributed by atoms with Crippen LogP contribution in [0.2, 0.25) is 0 Å². The van der Waals surface area contributed by atoms with E-state index in [0.717, 1.165) is 84.0 Å². The van der Waals surface area contributed by atoms with E-state index in [1.807, 2.05) is 26.8 Å². The Labute approximate surface area is 267 Å². The van der Waals surface area contributed by atoms with Crippen molar-refractivity contribution in [1.82, 2.24) is 19.6 Å². The molecule has 4 atom stereocenters. The molecule has 2 N–H and O–H groups in total. The Morgan fingerprint density at radius 2 is 1.80 bits per heavy atom. The number of amides is 2. The molecule has 254 valence electrons. The largest absolute Gasteiger partial charge is 0.493 e. The van der Waals surface area contributed by atoms with E-state index in [4.69, 9.17) is 14.6 Å². The van der Waals surface area contributed by atoms with Gasteiger partial charge in [-0.3, -0.25) is 19.3 Å². The fourth-order valence-corrected chi connectivity index (χ4v) is 6.11. The number of carbonyl (C=O) groups excluding carboxylic acids is 2. The van der Waals surface area contributed by atoms with Gasteiger partial charge in [-0.15, -0.1) is 0 Å². The topological polar surface area (TPSA) is 114 Å². The lowest BCUT2D eigenvalue weighted by Gasteiger charge is -2.30. The first-order valence-electron chi connectivity index (χ1n) is 16.8. The van der Waals surface area contributed by atoms with Crippen LogP contribution in [0.4, 0.5) is 0 Å². The number of carboxylic acid groups (broad SMARTS) is 1. The van der Waals surface area contributed by atoms with Crippen molar-refractivity contribution in [3.8, 4) is 0 Å². The van der Waals surface area contributed by atoms with E-state index in [2.05, 4.69) is 48.7 Å². The standard InChI is InChI=1S/C30H52N4O4.C2H4O2.C2H6/c1-6-8-15-32(16-9-14-31(4)5)30(37)22-33-21-25(23(3)19-24-13-18-38-27(24)7-2)20-26(33)12-17-34-28(35)10-11-29(34)36;1-2(3)4;1-2/h7,19,23,25-26,28,35H,6,8-18,20-22H2,1-5H3;1H3,(H,3,4);1-2H3/b24-19-,27-7+;;/t23?,25?,26-,28?;;/m0../s1. The third kappa shape index (κ3) is 13.7. The smallest absolute Gasteiger partial charge is 0.300 e. The molecule has 3 heterocycles. The summed E-state index contributed by atoms with van der Waals surface area (Å²) >= 11 is 0. The van der Waals surface area contributed by atoms with E-state index in [0.29, 0.717) is 37.8 Å². The molecule has 3 rings (SSSR count). The van der Waals surface area contributed by atoms with Crippen LogP contribution >= 0.6 is 0 Å². The van der Waals surface area contributed by atoms with Gasteiger partial charge in [-0.1, -0.05) is 40.2 Å². The minimum absolute atomic E-state index is 0.0412. The lowest BCUT2D eigenvalue weighted by Crippen LogP contribution is -2.44. The SMILES string of the molecule is C/C=C1/OCC/C1=C/C(C)C1C[C@H](CCN2C(=O)CCC2O)N(CC(=O)N(CCCC)CCCN(C)C)C1.CC.CC(=O)O. The normalized spacial score (nSPS) is 24.2. The second-order valence-corrected chi connectivity index (χ2v) is 12.2. The number of aliphatic carboxylic acids is 1. The van der Waals surface area contributed by atoms with E-state index in [9.17, 15) is 14.7 Å². The number of carbonyl (C=O) groups is 3. The number of likely N-dealkylation sites (tertiary alicyclic amines) is 2. The summed E-state index contributed by atoms with van der Waals surface area (Å²) in [5.41, 5.74) is 1.29. The molecule has 44 heavy (non-hydrogen) atoms. The molecule has 3 unspecified atom stereocenters. The second-order valence-electron chi connectivity index (χ2n) is 12.2. The molecule has 3 aliphatic rings. The molecule has 10 heteroatoms. The molecular weight excluding hydrogens is 560 g/mol. The molecule has 3 fully saturated rings. The van der Waals surface area contributed by atoms with Gasteiger partial charge in [0.25, 0.3) is 5.97 Å². The fraction of sp³-hybridized carbons (Fsp3) is 0.794. The van der Waals surface area contributed by atoms with Gasteiger partial charge in [-0.2, -0.15) is 0 Å². The number of rotatable bonds is 14. The van der Waals surface area contributed by atoms with E-state index in [1.54, 1.807) is 4.90 Å². The molecule has 0 aromatic rings. The summed E-state index contributed by atoms with van der Waals surface area (Å²) in [6, 6.07) is 0.223. The number of aliphatic hydroxyl groups is 1. The van der Waals surface area contributed by atoms with Gasteiger partial charge >= 0.3 is 0 Å². The van der Waals surface area contributed by atoms with Gasteiger partial charge in [-0.25, -0.2) is 0 Å². The molecule has 0 spiro atoms. The minimum atomic E-state index is -0.833. The van der Waals surface area contributed by atoms with Crippen molar-refractivity contribution in [2.24, 2.45) is 11.8 Å². The molecule has 0 radical (unpaired) electrons. The Kier molecular flexibility index (Phi) is 19.2. The Morgan fingerprint density at radius 1 is 1.14 bits per heavy atom. The first kappa shape index (κ1) is 39.6. The van der Waals surface area contributed by atoms with Gasteiger partial charge in [0.15, 0.2) is 0 Å². The summed E-state index contributed by atoms with van der Waals surface area (Å²) in [6.45, 7) is 16.7. The van der Waals surface area contributed by atoms with Crippen molar-refractivity contribution in [2.45, 2.75) is 105 Å². The van der Waals surface area contributed by atoms with Crippen molar-refractivity contribution in [1.29, 1.82) is 0 Å². The summed E-state index contributed by atoms with van der Waals surface area (Å²) in [5, 5.41) is 17.7. The molecule has 10 nitrogen and oxygen atoms in total. The van der Waals surface area contributed by atoms with Gasteiger partial charge in [0, 0.05) is 58.4 Å². The zero-order chi connectivity index (χ0) is 33.2. The molecule has 3 saturated heterocycles. The number of ether oxygens (including phenoxy) is 1. The van der Waals surface area contributed by atoms with Gasteiger partial charge in [0.05, 0.1) is 13.2 Å². The predicted molar refractivity (Wildman–Crippen MR) is 176 cm³/mol. The highest BCUT2D eigenvalue weighted by Gasteiger charge is 2.37. The van der Waals surface area contributed by atoms with E-state index >= 15 is 0 Å². The highest BCUT2D eigenvalue weighted by molar-refractivity contribution is 5.79. The first-order chi connectivity index (χ1) is 21.0. The van der Waals surface area contributed by atoms with Crippen LogP contribution in [-0.2, 0) is 19.1 Å². The Morgan fingerprint density at radius 3 is 2.36 bits per heavy atom. The number of hydrogen-bond acceptors (Lipinski definition) is 7. The maximum absolute atomic E-state index is 13.6. The maximum Gasteiger partial charge on any atom is 0.300 e. The first-order valence-corrected chi connectivity index (χ1v) is 16.8. The van der Waals surface area contributed by atoms with Crippen molar-refractivity contribution in [2.75, 3.05) is 60.0 Å². The van der Waals surface area contributed by atoms with Crippen molar-refractivity contribution >= 4 is 17.8 Å². The molecule has 2 amide bonds. The predicted octanol–water partition coefficient (Wildman–Crippen LogP) is 4.59. The average Bonchev–Trinajstić information content (AvgIpc) is 3.68. The van der Waals surface area contributed by atoms with Crippen LogP contribution in [0, 0.1) is 11.8 Å². The molecule has 0 aliphatic carbocycles. The third-order valence-corrected chi connectivity index (χ3v) is 8.48. The van der Waals surface area contributed by atoms with Gasteiger partial charge < -0.3 is 29.6 Å². The van der Waals surface area contributed by atoms with Gasteiger partial charge in [-0.05, 0) is 76.7 Å². The van der Waals surface area contributed by atoms with Crippen molar-refractivity contribution in [3.63, 3.8) is 0 Å². The summed E-state index contributed by atoms with van der Waals surface area (Å²) in [4.78, 5) is 43.1. The van der Waals surface area contributed by atoms with Crippen LogP contribution in [0.25, 0.3) is 0 Å². The van der Waals surface area contributed by atoms with Crippen molar-refractivity contribution < 1.29 is 29.3 Å². The number of carboxylic acids is 1. The third-order valence-electron chi connectivity index (χ3n) is 8.48. The number of unbranched alkanes of at least 4 members (excludes halogenated alkanes) is 1. The number of nitrogens with zero attached hydrogens (tertiary/aromatic N) is 4. The van der Waals surface area contributed by atoms with E-state index < -0.39 is 12.2 Å². The summed E-state index contributed by atoms with van der Waals surface area (Å²) in [6.07, 6.45) is 10.5. The summed E-state index contributed by atoms with van der Waals surface area (Å²) in [5.74, 6) is 1.24. The zero-order valence-electron chi connectivity index (χ0n) is 28.9. The maximum atomic E-state index is 13.6. The number of aliphatic hydroxyl groups excluding tert-OH is 1. The summed E-state index contributed by atoms with van der Waals surface area (Å²) in [7, 11) is 4.14. The van der Waals surface area contributed by atoms with Crippen LogP contribution in [-0.4, -0.2) is 120 Å². The monoisotopic (exact) mass is 622 g/mol. The van der Waals surface area contributed by atoms with Crippen molar-refractivity contribution in [3.05, 3.63) is 23.5 Å². The quantitative estimate of drug-likeness (QED) is 0.289. The van der Waals surface area contributed by atoms with E-state index in [1.165, 1.54) is 5.57 Å². The minimum Gasteiger partial charge on any atom is -0.493 e. The van der Waals surface area contributed by atoms with E-state index in [-0.39, 0.29) is 17.9 Å². The molecule has 0 bridgehead atoms. The van der Waals surface area contributed by atoms with Crippen LogP contribution in [0.1, 0.15) is 92.9 Å². The molecule has 3 aliphatic heterocycles. The molecular formula is C34H62N4O6. The van der Waals surface area contributed by atoms with Gasteiger partial charge in [0.1, 0.15) is 12.0 Å². The zero-order valence-corrected chi connectivity index (χ0v) is 28.9. The molecule has 0 saturated carbocycles.